The average molecular weight is 364 g/mol. The zero-order valence-corrected chi connectivity index (χ0v) is 14.8. The number of benzene rings is 1. The van der Waals surface area contributed by atoms with Gasteiger partial charge in [0, 0.05) is 30.8 Å². The Bertz CT molecular complexity index is 671. The summed E-state index contributed by atoms with van der Waals surface area (Å²) in [5.41, 5.74) is 5.87. The summed E-state index contributed by atoms with van der Waals surface area (Å²) in [6, 6.07) is 4.20. The van der Waals surface area contributed by atoms with Gasteiger partial charge in [0.05, 0.1) is 9.82 Å². The summed E-state index contributed by atoms with van der Waals surface area (Å²) in [4.78, 5) is 10.4. The van der Waals surface area contributed by atoms with Crippen LogP contribution in [0.3, 0.4) is 0 Å². The number of hydrogen-bond donors (Lipinski definition) is 1. The molecule has 130 valence electrons. The number of halogens is 1. The molecule has 0 saturated carbocycles. The largest absolute Gasteiger partial charge is 0.328 e. The number of nitrogens with two attached hydrogens (primary N) is 1. The van der Waals surface area contributed by atoms with E-state index in [9.17, 15) is 18.5 Å². The molecule has 0 amide bonds. The predicted molar refractivity (Wildman–Crippen MR) is 90.2 cm³/mol. The molecule has 1 aromatic carbocycles. The third kappa shape index (κ3) is 4.00. The molecule has 1 aliphatic rings. The molecule has 0 radical (unpaired) electrons. The van der Waals surface area contributed by atoms with E-state index < -0.39 is 14.9 Å². The Morgan fingerprint density at radius 1 is 1.35 bits per heavy atom. The molecule has 0 spiro atoms. The molecule has 0 bridgehead atoms. The summed E-state index contributed by atoms with van der Waals surface area (Å²) in [5, 5.41) is 11.0. The lowest BCUT2D eigenvalue weighted by atomic mass is 9.92. The van der Waals surface area contributed by atoms with Crippen LogP contribution in [0, 0.1) is 23.0 Å². The van der Waals surface area contributed by atoms with Crippen molar-refractivity contribution in [3.63, 3.8) is 0 Å². The lowest BCUT2D eigenvalue weighted by Gasteiger charge is -2.33. The molecule has 1 saturated heterocycles. The molecule has 9 heteroatoms. The van der Waals surface area contributed by atoms with Crippen molar-refractivity contribution >= 4 is 28.1 Å². The molecule has 0 aromatic heterocycles. The van der Waals surface area contributed by atoms with Crippen molar-refractivity contribution in [2.24, 2.45) is 11.7 Å². The van der Waals surface area contributed by atoms with E-state index in [0.717, 1.165) is 0 Å². The standard InChI is InChI=1S/C14H21N3O4S.ClH/c1-10-13(17(18)19)4-3-5-14(10)22(20,21)16-8-6-12(7-9-16)11(2)15;/h3-5,11-12H,6-9,15H2,1-2H3;1H. The molecule has 1 aliphatic heterocycles. The summed E-state index contributed by atoms with van der Waals surface area (Å²) in [6.45, 7) is 4.20. The van der Waals surface area contributed by atoms with E-state index in [0.29, 0.717) is 31.8 Å². The van der Waals surface area contributed by atoms with Crippen LogP contribution in [-0.2, 0) is 10.0 Å². The van der Waals surface area contributed by atoms with Gasteiger partial charge in [0.1, 0.15) is 0 Å². The number of nitrogens with zero attached hydrogens (tertiary/aromatic N) is 2. The first-order valence-corrected chi connectivity index (χ1v) is 8.69. The highest BCUT2D eigenvalue weighted by Gasteiger charge is 2.32. The van der Waals surface area contributed by atoms with Crippen LogP contribution in [0.1, 0.15) is 25.3 Å². The third-order valence-corrected chi connectivity index (χ3v) is 6.36. The molecule has 1 aromatic rings. The first kappa shape index (κ1) is 19.8. The van der Waals surface area contributed by atoms with Gasteiger partial charge in [-0.2, -0.15) is 4.31 Å². The molecule has 1 fully saturated rings. The van der Waals surface area contributed by atoms with Crippen LogP contribution < -0.4 is 5.73 Å². The molecule has 2 N–H and O–H groups in total. The van der Waals surface area contributed by atoms with Gasteiger partial charge in [-0.1, -0.05) is 6.07 Å². The maximum atomic E-state index is 12.7. The Balaban J connectivity index is 0.00000264. The molecular formula is C14H22ClN3O4S. The van der Waals surface area contributed by atoms with Gasteiger partial charge in [-0.05, 0) is 38.7 Å². The highest BCUT2D eigenvalue weighted by molar-refractivity contribution is 7.89. The highest BCUT2D eigenvalue weighted by atomic mass is 35.5. The van der Waals surface area contributed by atoms with E-state index in [-0.39, 0.29) is 34.6 Å². The number of nitro benzene ring substituents is 1. The Kier molecular flexibility index (Phi) is 6.52. The Labute approximate surface area is 142 Å². The number of hydrogen-bond acceptors (Lipinski definition) is 5. The second kappa shape index (κ2) is 7.57. The minimum atomic E-state index is -3.71. The normalized spacial score (nSPS) is 18.2. The molecule has 1 heterocycles. The Hall–Kier alpha value is -1.22. The maximum Gasteiger partial charge on any atom is 0.273 e. The fraction of sp³-hybridized carbons (Fsp3) is 0.571. The van der Waals surface area contributed by atoms with Crippen LogP contribution in [0.5, 0.6) is 0 Å². The summed E-state index contributed by atoms with van der Waals surface area (Å²) >= 11 is 0. The molecule has 23 heavy (non-hydrogen) atoms. The van der Waals surface area contributed by atoms with Crippen molar-refractivity contribution in [1.82, 2.24) is 4.31 Å². The lowest BCUT2D eigenvalue weighted by molar-refractivity contribution is -0.385. The quantitative estimate of drug-likeness (QED) is 0.651. The summed E-state index contributed by atoms with van der Waals surface area (Å²) in [6.07, 6.45) is 1.43. The van der Waals surface area contributed by atoms with Gasteiger partial charge in [0.25, 0.3) is 5.69 Å². The zero-order valence-electron chi connectivity index (χ0n) is 13.1. The van der Waals surface area contributed by atoms with Gasteiger partial charge < -0.3 is 5.73 Å². The minimum absolute atomic E-state index is 0. The van der Waals surface area contributed by atoms with E-state index >= 15 is 0 Å². The van der Waals surface area contributed by atoms with Gasteiger partial charge >= 0.3 is 0 Å². The first-order valence-electron chi connectivity index (χ1n) is 7.25. The monoisotopic (exact) mass is 363 g/mol. The van der Waals surface area contributed by atoms with Crippen LogP contribution in [-0.4, -0.2) is 36.8 Å². The fourth-order valence-electron chi connectivity index (χ4n) is 2.86. The lowest BCUT2D eigenvalue weighted by Crippen LogP contribution is -2.42. The molecule has 1 unspecified atom stereocenters. The van der Waals surface area contributed by atoms with E-state index in [1.165, 1.54) is 29.4 Å². The number of sulfonamides is 1. The van der Waals surface area contributed by atoms with Crippen molar-refractivity contribution in [2.75, 3.05) is 13.1 Å². The van der Waals surface area contributed by atoms with Crippen molar-refractivity contribution in [2.45, 2.75) is 37.6 Å². The molecule has 7 nitrogen and oxygen atoms in total. The van der Waals surface area contributed by atoms with Crippen molar-refractivity contribution in [3.8, 4) is 0 Å². The molecular weight excluding hydrogens is 342 g/mol. The van der Waals surface area contributed by atoms with Gasteiger partial charge in [0.2, 0.25) is 10.0 Å². The van der Waals surface area contributed by atoms with Gasteiger partial charge in [0.15, 0.2) is 0 Å². The number of nitro groups is 1. The smallest absolute Gasteiger partial charge is 0.273 e. The van der Waals surface area contributed by atoms with E-state index in [2.05, 4.69) is 0 Å². The van der Waals surface area contributed by atoms with Crippen LogP contribution in [0.4, 0.5) is 5.69 Å². The van der Waals surface area contributed by atoms with Gasteiger partial charge in [-0.15, -0.1) is 12.4 Å². The van der Waals surface area contributed by atoms with Crippen molar-refractivity contribution in [1.29, 1.82) is 0 Å². The van der Waals surface area contributed by atoms with Crippen LogP contribution in [0.15, 0.2) is 23.1 Å². The van der Waals surface area contributed by atoms with E-state index in [4.69, 9.17) is 5.73 Å². The van der Waals surface area contributed by atoms with E-state index in [1.54, 1.807) is 0 Å². The molecule has 2 rings (SSSR count). The van der Waals surface area contributed by atoms with E-state index in [1.807, 2.05) is 6.92 Å². The summed E-state index contributed by atoms with van der Waals surface area (Å²) in [7, 11) is -3.71. The summed E-state index contributed by atoms with van der Waals surface area (Å²) < 4.78 is 26.9. The third-order valence-electron chi connectivity index (χ3n) is 4.31. The fourth-order valence-corrected chi connectivity index (χ4v) is 4.57. The van der Waals surface area contributed by atoms with Crippen LogP contribution >= 0.6 is 12.4 Å². The van der Waals surface area contributed by atoms with Crippen molar-refractivity contribution in [3.05, 3.63) is 33.9 Å². The summed E-state index contributed by atoms with van der Waals surface area (Å²) in [5.74, 6) is 0.317. The van der Waals surface area contributed by atoms with Gasteiger partial charge in [-0.25, -0.2) is 8.42 Å². The average Bonchev–Trinajstić information content (AvgIpc) is 2.47. The Morgan fingerprint density at radius 3 is 2.39 bits per heavy atom. The second-order valence-electron chi connectivity index (χ2n) is 5.76. The highest BCUT2D eigenvalue weighted by Crippen LogP contribution is 2.30. The number of rotatable bonds is 4. The SMILES string of the molecule is Cc1c([N+](=O)[O-])cccc1S(=O)(=O)N1CCC(C(C)N)CC1.Cl. The van der Waals surface area contributed by atoms with Crippen LogP contribution in [0.2, 0.25) is 0 Å². The zero-order chi connectivity index (χ0) is 16.5. The Morgan fingerprint density at radius 2 is 1.91 bits per heavy atom. The predicted octanol–water partition coefficient (Wildman–Crippen LogP) is 2.07. The molecule has 1 atom stereocenters. The topological polar surface area (TPSA) is 107 Å². The van der Waals surface area contributed by atoms with Crippen molar-refractivity contribution < 1.29 is 13.3 Å². The van der Waals surface area contributed by atoms with Gasteiger partial charge in [-0.3, -0.25) is 10.1 Å². The van der Waals surface area contributed by atoms with Crippen LogP contribution in [0.25, 0.3) is 0 Å². The maximum absolute atomic E-state index is 12.7. The molecule has 0 aliphatic carbocycles. The second-order valence-corrected chi connectivity index (χ2v) is 7.66. The minimum Gasteiger partial charge on any atom is -0.328 e. The first-order chi connectivity index (χ1) is 10.2. The number of piperidine rings is 1.